The van der Waals surface area contributed by atoms with E-state index in [-0.39, 0.29) is 5.75 Å². The number of hydrogen-bond donors (Lipinski definition) is 1. The van der Waals surface area contributed by atoms with Crippen LogP contribution in [-0.2, 0) is 10.8 Å². The molecule has 3 aromatic rings. The van der Waals surface area contributed by atoms with Gasteiger partial charge in [0.1, 0.15) is 11.8 Å². The summed E-state index contributed by atoms with van der Waals surface area (Å²) in [6, 6.07) is 17.8. The Labute approximate surface area is 163 Å². The normalized spacial score (nSPS) is 13.9. The molecule has 0 fully saturated rings. The van der Waals surface area contributed by atoms with Crippen molar-refractivity contribution in [1.82, 2.24) is 0 Å². The summed E-state index contributed by atoms with van der Waals surface area (Å²) in [5.41, 5.74) is 0.441. The monoisotopic (exact) mass is 409 g/mol. The predicted octanol–water partition coefficient (Wildman–Crippen LogP) is 5.27. The van der Waals surface area contributed by atoms with Crippen LogP contribution in [0, 0.1) is 0 Å². The Hall–Kier alpha value is -2.18. The van der Waals surface area contributed by atoms with Crippen LogP contribution in [0.3, 0.4) is 0 Å². The molecule has 0 radical (unpaired) electrons. The van der Waals surface area contributed by atoms with E-state index in [1.807, 2.05) is 30.3 Å². The minimum Gasteiger partial charge on any atom is -0.497 e. The molecule has 142 valence electrons. The molecule has 3 rings (SSSR count). The summed E-state index contributed by atoms with van der Waals surface area (Å²) >= 11 is 5.30. The molecule has 2 atom stereocenters. The van der Waals surface area contributed by atoms with Gasteiger partial charge in [-0.05, 0) is 52.7 Å². The average Bonchev–Trinajstić information content (AvgIpc) is 2.66. The van der Waals surface area contributed by atoms with Gasteiger partial charge in [0, 0.05) is 10.6 Å². The Bertz CT molecular complexity index is 939. The number of benzene rings is 3. The van der Waals surface area contributed by atoms with E-state index in [4.69, 9.17) is 16.3 Å². The number of methoxy groups -OCH3 is 1. The Kier molecular flexibility index (Phi) is 5.97. The maximum Gasteiger partial charge on any atom is 0.342 e. The van der Waals surface area contributed by atoms with Gasteiger partial charge in [0.05, 0.1) is 23.7 Å². The van der Waals surface area contributed by atoms with Gasteiger partial charge in [-0.2, -0.15) is 8.78 Å². The van der Waals surface area contributed by atoms with Crippen LogP contribution >= 0.6 is 11.6 Å². The number of alkyl halides is 3. The number of halogens is 3. The summed E-state index contributed by atoms with van der Waals surface area (Å²) in [7, 11) is -0.146. The molecule has 0 amide bonds. The summed E-state index contributed by atoms with van der Waals surface area (Å²) < 4.78 is 45.8. The second-order valence-electron chi connectivity index (χ2n) is 5.96. The molecule has 0 aliphatic rings. The van der Waals surface area contributed by atoms with Crippen LogP contribution < -0.4 is 10.1 Å². The number of ether oxygens (including phenoxy) is 1. The van der Waals surface area contributed by atoms with Gasteiger partial charge in [-0.1, -0.05) is 36.4 Å². The standard InChI is InChI=1S/C20H18ClF2NO2S/c1-26-16-11-9-15(10-12-16)24-19(20(21,22)23)13-27(25)18-8-4-6-14-5-2-3-7-17(14)18/h2-12,19,24H,13H2,1H3/t19-,27+/m1/s1. The van der Waals surface area contributed by atoms with Crippen LogP contribution in [0.2, 0.25) is 0 Å². The third kappa shape index (κ3) is 4.76. The highest BCUT2D eigenvalue weighted by atomic mass is 35.5. The van der Waals surface area contributed by atoms with Crippen LogP contribution in [0.4, 0.5) is 14.5 Å². The van der Waals surface area contributed by atoms with Crippen LogP contribution in [0.5, 0.6) is 5.75 Å². The zero-order valence-electron chi connectivity index (χ0n) is 14.5. The molecule has 0 bridgehead atoms. The van der Waals surface area contributed by atoms with Crippen molar-refractivity contribution in [3.05, 3.63) is 66.7 Å². The Balaban J connectivity index is 1.84. The van der Waals surface area contributed by atoms with Crippen LogP contribution in [0.1, 0.15) is 0 Å². The first-order chi connectivity index (χ1) is 12.9. The lowest BCUT2D eigenvalue weighted by molar-refractivity contribution is 0.0808. The predicted molar refractivity (Wildman–Crippen MR) is 106 cm³/mol. The zero-order chi connectivity index (χ0) is 19.4. The van der Waals surface area contributed by atoms with E-state index in [9.17, 15) is 13.0 Å². The molecule has 0 aromatic heterocycles. The lowest BCUT2D eigenvalue weighted by Gasteiger charge is -2.24. The lowest BCUT2D eigenvalue weighted by Crippen LogP contribution is -2.40. The van der Waals surface area contributed by atoms with E-state index in [0.29, 0.717) is 16.3 Å². The highest BCUT2D eigenvalue weighted by Gasteiger charge is 2.38. The van der Waals surface area contributed by atoms with Gasteiger partial charge in [-0.25, -0.2) is 0 Å². The molecule has 0 heterocycles. The summed E-state index contributed by atoms with van der Waals surface area (Å²) in [5.74, 6) is 0.269. The van der Waals surface area contributed by atoms with E-state index in [2.05, 4.69) is 5.32 Å². The third-order valence-electron chi connectivity index (χ3n) is 4.14. The smallest absolute Gasteiger partial charge is 0.342 e. The number of hydrogen-bond acceptors (Lipinski definition) is 3. The fraction of sp³-hybridized carbons (Fsp3) is 0.200. The maximum absolute atomic E-state index is 14.0. The number of fused-ring (bicyclic) bond motifs is 1. The molecule has 0 saturated heterocycles. The van der Waals surface area contributed by atoms with Crippen molar-refractivity contribution in [3.8, 4) is 5.75 Å². The Morgan fingerprint density at radius 2 is 1.74 bits per heavy atom. The Morgan fingerprint density at radius 3 is 2.41 bits per heavy atom. The average molecular weight is 410 g/mol. The molecule has 0 aliphatic heterocycles. The van der Waals surface area contributed by atoms with Crippen molar-refractivity contribution in [2.45, 2.75) is 16.3 Å². The molecule has 7 heteroatoms. The highest BCUT2D eigenvalue weighted by Crippen LogP contribution is 2.30. The Morgan fingerprint density at radius 1 is 1.07 bits per heavy atom. The summed E-state index contributed by atoms with van der Waals surface area (Å²) in [6.07, 6.45) is 0. The van der Waals surface area contributed by atoms with E-state index in [1.165, 1.54) is 7.11 Å². The SMILES string of the molecule is COc1ccc(N[C@H](C[S@](=O)c2cccc3ccccc23)C(F)(F)Cl)cc1. The van der Waals surface area contributed by atoms with E-state index in [0.717, 1.165) is 10.8 Å². The van der Waals surface area contributed by atoms with Gasteiger partial charge in [-0.3, -0.25) is 4.21 Å². The number of anilines is 1. The number of nitrogens with one attached hydrogen (secondary N) is 1. The maximum atomic E-state index is 14.0. The number of rotatable bonds is 7. The fourth-order valence-corrected chi connectivity index (χ4v) is 4.40. The molecule has 0 spiro atoms. The lowest BCUT2D eigenvalue weighted by atomic mass is 10.1. The van der Waals surface area contributed by atoms with Crippen LogP contribution in [-0.4, -0.2) is 28.5 Å². The van der Waals surface area contributed by atoms with E-state index in [1.54, 1.807) is 36.4 Å². The molecular weight excluding hydrogens is 392 g/mol. The van der Waals surface area contributed by atoms with E-state index >= 15 is 0 Å². The van der Waals surface area contributed by atoms with Gasteiger partial charge in [0.25, 0.3) is 0 Å². The molecule has 1 N–H and O–H groups in total. The van der Waals surface area contributed by atoms with Gasteiger partial charge < -0.3 is 10.1 Å². The minimum absolute atomic E-state index is 0.337. The zero-order valence-corrected chi connectivity index (χ0v) is 16.1. The van der Waals surface area contributed by atoms with Crippen LogP contribution in [0.15, 0.2) is 71.6 Å². The summed E-state index contributed by atoms with van der Waals surface area (Å²) in [5, 5.41) is 0.800. The second-order valence-corrected chi connectivity index (χ2v) is 7.92. The molecule has 0 unspecified atom stereocenters. The molecule has 0 saturated carbocycles. The van der Waals surface area contributed by atoms with Gasteiger partial charge in [-0.15, -0.1) is 0 Å². The largest absolute Gasteiger partial charge is 0.497 e. The molecule has 3 aromatic carbocycles. The van der Waals surface area contributed by atoms with E-state index < -0.39 is 22.2 Å². The van der Waals surface area contributed by atoms with Crippen LogP contribution in [0.25, 0.3) is 10.8 Å². The van der Waals surface area contributed by atoms with Gasteiger partial charge in [0.15, 0.2) is 0 Å². The van der Waals surface area contributed by atoms with Crippen molar-refractivity contribution in [2.75, 3.05) is 18.2 Å². The summed E-state index contributed by atoms with van der Waals surface area (Å²) in [6.45, 7) is 0. The molecule has 27 heavy (non-hydrogen) atoms. The van der Waals surface area contributed by atoms with Gasteiger partial charge >= 0.3 is 5.38 Å². The molecule has 3 nitrogen and oxygen atoms in total. The van der Waals surface area contributed by atoms with Crippen molar-refractivity contribution in [2.24, 2.45) is 0 Å². The first-order valence-electron chi connectivity index (χ1n) is 8.22. The van der Waals surface area contributed by atoms with Crippen molar-refractivity contribution in [1.29, 1.82) is 0 Å². The molecule has 0 aliphatic carbocycles. The third-order valence-corrected chi connectivity index (χ3v) is 5.89. The minimum atomic E-state index is -3.57. The first kappa shape index (κ1) is 19.6. The van der Waals surface area contributed by atoms with Crippen molar-refractivity contribution < 1.29 is 17.7 Å². The first-order valence-corrected chi connectivity index (χ1v) is 9.91. The van der Waals surface area contributed by atoms with Crippen molar-refractivity contribution in [3.63, 3.8) is 0 Å². The molecular formula is C20H18ClF2NO2S. The van der Waals surface area contributed by atoms with Gasteiger partial charge in [0.2, 0.25) is 0 Å². The topological polar surface area (TPSA) is 38.3 Å². The fourth-order valence-electron chi connectivity index (χ4n) is 2.74. The summed E-state index contributed by atoms with van der Waals surface area (Å²) in [4.78, 5) is 0.510. The highest BCUT2D eigenvalue weighted by molar-refractivity contribution is 7.85. The second kappa shape index (κ2) is 8.23. The van der Waals surface area contributed by atoms with Crippen molar-refractivity contribution >= 4 is 38.9 Å². The quantitative estimate of drug-likeness (QED) is 0.540.